The number of hydrogen-bond donors (Lipinski definition) is 2. The SMILES string of the molecule is COc1ccc(N)c(NS(=O)(=O)c2ccc(Br)cc2Br)c1. The summed E-state index contributed by atoms with van der Waals surface area (Å²) >= 11 is 6.52. The van der Waals surface area contributed by atoms with Crippen LogP contribution in [0.2, 0.25) is 0 Å². The molecule has 21 heavy (non-hydrogen) atoms. The molecule has 0 fully saturated rings. The lowest BCUT2D eigenvalue weighted by Gasteiger charge is -2.12. The van der Waals surface area contributed by atoms with Gasteiger partial charge in [0.1, 0.15) is 10.6 Å². The second kappa shape index (κ2) is 6.25. The van der Waals surface area contributed by atoms with Crippen molar-refractivity contribution < 1.29 is 13.2 Å². The summed E-state index contributed by atoms with van der Waals surface area (Å²) in [6.07, 6.45) is 0. The number of methoxy groups -OCH3 is 1. The van der Waals surface area contributed by atoms with Gasteiger partial charge in [-0.3, -0.25) is 4.72 Å². The second-order valence-electron chi connectivity index (χ2n) is 4.13. The molecule has 0 amide bonds. The predicted molar refractivity (Wildman–Crippen MR) is 90.1 cm³/mol. The van der Waals surface area contributed by atoms with E-state index in [2.05, 4.69) is 36.6 Å². The van der Waals surface area contributed by atoms with Crippen LogP contribution in [-0.2, 0) is 10.0 Å². The van der Waals surface area contributed by atoms with Crippen LogP contribution in [0.25, 0.3) is 0 Å². The van der Waals surface area contributed by atoms with Crippen molar-refractivity contribution in [1.82, 2.24) is 0 Å². The smallest absolute Gasteiger partial charge is 0.263 e. The maximum absolute atomic E-state index is 12.4. The van der Waals surface area contributed by atoms with E-state index in [9.17, 15) is 8.42 Å². The monoisotopic (exact) mass is 434 g/mol. The first-order valence-corrected chi connectivity index (χ1v) is 8.82. The maximum atomic E-state index is 12.4. The van der Waals surface area contributed by atoms with Crippen molar-refractivity contribution >= 4 is 53.3 Å². The fourth-order valence-corrected chi connectivity index (χ4v) is 4.47. The summed E-state index contributed by atoms with van der Waals surface area (Å²) in [6.45, 7) is 0. The maximum Gasteiger partial charge on any atom is 0.263 e. The quantitative estimate of drug-likeness (QED) is 0.718. The molecule has 0 heterocycles. The van der Waals surface area contributed by atoms with Gasteiger partial charge in [0.2, 0.25) is 0 Å². The number of nitrogens with one attached hydrogen (secondary N) is 1. The van der Waals surface area contributed by atoms with Crippen LogP contribution in [-0.4, -0.2) is 15.5 Å². The van der Waals surface area contributed by atoms with E-state index >= 15 is 0 Å². The van der Waals surface area contributed by atoms with E-state index < -0.39 is 10.0 Å². The lowest BCUT2D eigenvalue weighted by molar-refractivity contribution is 0.415. The number of rotatable bonds is 4. The highest BCUT2D eigenvalue weighted by atomic mass is 79.9. The van der Waals surface area contributed by atoms with Crippen molar-refractivity contribution in [1.29, 1.82) is 0 Å². The van der Waals surface area contributed by atoms with Crippen molar-refractivity contribution in [3.63, 3.8) is 0 Å². The first-order valence-electron chi connectivity index (χ1n) is 5.75. The molecular formula is C13H12Br2N2O3S. The molecule has 0 aliphatic carbocycles. The van der Waals surface area contributed by atoms with E-state index in [0.717, 1.165) is 4.47 Å². The van der Waals surface area contributed by atoms with Gasteiger partial charge in [-0.15, -0.1) is 0 Å². The lowest BCUT2D eigenvalue weighted by Crippen LogP contribution is -2.14. The summed E-state index contributed by atoms with van der Waals surface area (Å²) in [7, 11) is -2.27. The van der Waals surface area contributed by atoms with Crippen molar-refractivity contribution in [2.75, 3.05) is 17.6 Å². The first-order chi connectivity index (χ1) is 9.83. The van der Waals surface area contributed by atoms with Crippen LogP contribution in [0.15, 0.2) is 50.2 Å². The Bertz CT molecular complexity index is 779. The van der Waals surface area contributed by atoms with Gasteiger partial charge in [-0.1, -0.05) is 15.9 Å². The van der Waals surface area contributed by atoms with Gasteiger partial charge in [0.05, 0.1) is 18.5 Å². The standard InChI is InChI=1S/C13H12Br2N2O3S/c1-20-9-3-4-11(16)12(7-9)17-21(18,19)13-5-2-8(14)6-10(13)15/h2-7,17H,16H2,1H3. The van der Waals surface area contributed by atoms with Gasteiger partial charge >= 0.3 is 0 Å². The zero-order valence-electron chi connectivity index (χ0n) is 10.9. The van der Waals surface area contributed by atoms with E-state index in [1.165, 1.54) is 19.2 Å². The third-order valence-corrected chi connectivity index (χ3v) is 5.52. The molecule has 0 aliphatic rings. The van der Waals surface area contributed by atoms with Crippen LogP contribution < -0.4 is 15.2 Å². The Balaban J connectivity index is 2.42. The Morgan fingerprint density at radius 1 is 1.14 bits per heavy atom. The topological polar surface area (TPSA) is 81.4 Å². The summed E-state index contributed by atoms with van der Waals surface area (Å²) in [5.74, 6) is 0.511. The highest BCUT2D eigenvalue weighted by Crippen LogP contribution is 2.30. The predicted octanol–water partition coefficient (Wildman–Crippen LogP) is 3.60. The van der Waals surface area contributed by atoms with Gasteiger partial charge in [-0.05, 0) is 46.3 Å². The number of halogens is 2. The molecule has 2 aromatic carbocycles. The van der Waals surface area contributed by atoms with Gasteiger partial charge in [-0.25, -0.2) is 8.42 Å². The Hall–Kier alpha value is -1.25. The molecule has 0 unspecified atom stereocenters. The van der Waals surface area contributed by atoms with E-state index in [-0.39, 0.29) is 10.6 Å². The minimum atomic E-state index is -3.76. The molecule has 0 atom stereocenters. The van der Waals surface area contributed by atoms with Crippen molar-refractivity contribution in [2.45, 2.75) is 4.90 Å². The Labute approximate surface area is 139 Å². The van der Waals surface area contributed by atoms with Crippen molar-refractivity contribution in [3.05, 3.63) is 45.3 Å². The largest absolute Gasteiger partial charge is 0.497 e. The molecule has 8 heteroatoms. The molecule has 112 valence electrons. The molecule has 5 nitrogen and oxygen atoms in total. The number of ether oxygens (including phenoxy) is 1. The van der Waals surface area contributed by atoms with Gasteiger partial charge in [0, 0.05) is 15.0 Å². The normalized spacial score (nSPS) is 11.2. The summed E-state index contributed by atoms with van der Waals surface area (Å²) in [5.41, 5.74) is 6.37. The van der Waals surface area contributed by atoms with Gasteiger partial charge in [0.15, 0.2) is 0 Å². The zero-order valence-corrected chi connectivity index (χ0v) is 14.9. The fraction of sp³-hybridized carbons (Fsp3) is 0.0769. The van der Waals surface area contributed by atoms with Crippen LogP contribution in [0, 0.1) is 0 Å². The van der Waals surface area contributed by atoms with Crippen LogP contribution in [0.1, 0.15) is 0 Å². The van der Waals surface area contributed by atoms with Gasteiger partial charge in [0.25, 0.3) is 10.0 Å². The number of nitrogens with two attached hydrogens (primary N) is 1. The molecule has 0 saturated heterocycles. The number of anilines is 2. The first kappa shape index (κ1) is 16.1. The third-order valence-electron chi connectivity index (χ3n) is 2.69. The van der Waals surface area contributed by atoms with Crippen molar-refractivity contribution in [3.8, 4) is 5.75 Å². The number of nitrogen functional groups attached to an aromatic ring is 1. The van der Waals surface area contributed by atoms with E-state index in [0.29, 0.717) is 15.9 Å². The molecule has 2 rings (SSSR count). The van der Waals surface area contributed by atoms with E-state index in [1.807, 2.05) is 0 Å². The molecule has 2 aromatic rings. The zero-order chi connectivity index (χ0) is 15.6. The number of sulfonamides is 1. The minimum Gasteiger partial charge on any atom is -0.497 e. The lowest BCUT2D eigenvalue weighted by atomic mass is 10.2. The van der Waals surface area contributed by atoms with Crippen LogP contribution in [0.4, 0.5) is 11.4 Å². The van der Waals surface area contributed by atoms with Gasteiger partial charge < -0.3 is 10.5 Å². The van der Waals surface area contributed by atoms with Crippen LogP contribution >= 0.6 is 31.9 Å². The highest BCUT2D eigenvalue weighted by molar-refractivity contribution is 9.11. The van der Waals surface area contributed by atoms with Crippen LogP contribution in [0.3, 0.4) is 0 Å². The molecule has 0 spiro atoms. The van der Waals surface area contributed by atoms with Crippen molar-refractivity contribution in [2.24, 2.45) is 0 Å². The second-order valence-corrected chi connectivity index (χ2v) is 7.55. The Kier molecular flexibility index (Phi) is 4.80. The van der Waals surface area contributed by atoms with Gasteiger partial charge in [-0.2, -0.15) is 0 Å². The third kappa shape index (κ3) is 3.69. The fourth-order valence-electron chi connectivity index (χ4n) is 1.64. The average molecular weight is 436 g/mol. The molecule has 0 bridgehead atoms. The molecular weight excluding hydrogens is 424 g/mol. The van der Waals surface area contributed by atoms with Crippen LogP contribution in [0.5, 0.6) is 5.75 Å². The Morgan fingerprint density at radius 2 is 1.86 bits per heavy atom. The molecule has 0 radical (unpaired) electrons. The van der Waals surface area contributed by atoms with E-state index in [1.54, 1.807) is 24.3 Å². The summed E-state index contributed by atoms with van der Waals surface area (Å²) in [4.78, 5) is 0.118. The highest BCUT2D eigenvalue weighted by Gasteiger charge is 2.19. The molecule has 3 N–H and O–H groups in total. The minimum absolute atomic E-state index is 0.118. The molecule has 0 aliphatic heterocycles. The number of benzene rings is 2. The average Bonchev–Trinajstić information content (AvgIpc) is 2.40. The summed E-state index contributed by atoms with van der Waals surface area (Å²) in [6, 6.07) is 9.56. The molecule has 0 aromatic heterocycles. The Morgan fingerprint density at radius 3 is 2.48 bits per heavy atom. The summed E-state index contributed by atoms with van der Waals surface area (Å²) in [5, 5.41) is 0. The number of hydrogen-bond acceptors (Lipinski definition) is 4. The van der Waals surface area contributed by atoms with E-state index in [4.69, 9.17) is 10.5 Å². The summed E-state index contributed by atoms with van der Waals surface area (Å²) < 4.78 is 33.6. The molecule has 0 saturated carbocycles.